The monoisotopic (exact) mass is 397 g/mol. The maximum Gasteiger partial charge on any atom is 0.118 e. The number of hydrogen-bond donors (Lipinski definition) is 1. The molecule has 4 heteroatoms. The lowest BCUT2D eigenvalue weighted by atomic mass is 10.1. The smallest absolute Gasteiger partial charge is 0.118 e. The molecule has 2 rings (SSSR count). The lowest BCUT2D eigenvalue weighted by molar-refractivity contribution is 0.414. The van der Waals surface area contributed by atoms with E-state index in [-0.39, 0.29) is 0 Å². The molecular weight excluding hydrogens is 382 g/mol. The average molecular weight is 399 g/mol. The Balaban J connectivity index is 1.95. The number of anilines is 1. The van der Waals surface area contributed by atoms with Gasteiger partial charge in [0.2, 0.25) is 0 Å². The van der Waals surface area contributed by atoms with Gasteiger partial charge in [0.05, 0.1) is 12.8 Å². The van der Waals surface area contributed by atoms with Gasteiger partial charge in [0.1, 0.15) is 5.75 Å². The van der Waals surface area contributed by atoms with Crippen molar-refractivity contribution < 1.29 is 4.74 Å². The van der Waals surface area contributed by atoms with E-state index in [4.69, 9.17) is 4.74 Å². The van der Waals surface area contributed by atoms with Gasteiger partial charge in [-0.3, -0.25) is 0 Å². The summed E-state index contributed by atoms with van der Waals surface area (Å²) in [6.07, 6.45) is 0.969. The number of halogens is 2. The van der Waals surface area contributed by atoms with Gasteiger partial charge in [-0.2, -0.15) is 0 Å². The molecule has 0 aromatic heterocycles. The molecular formula is C16H17Br2NO. The fourth-order valence-electron chi connectivity index (χ4n) is 1.99. The SMILES string of the molecule is COc1ccc(CCNc2c(Br)cc(C)cc2Br)cc1. The lowest BCUT2D eigenvalue weighted by Gasteiger charge is -2.12. The highest BCUT2D eigenvalue weighted by Crippen LogP contribution is 2.32. The first kappa shape index (κ1) is 15.4. The standard InChI is InChI=1S/C16H17Br2NO/c1-11-9-14(17)16(15(18)10-11)19-8-7-12-3-5-13(20-2)6-4-12/h3-6,9-10,19H,7-8H2,1-2H3. The molecule has 0 bridgehead atoms. The molecule has 0 saturated heterocycles. The predicted molar refractivity (Wildman–Crippen MR) is 91.8 cm³/mol. The molecule has 0 fully saturated rings. The van der Waals surface area contributed by atoms with Crippen molar-refractivity contribution in [3.05, 3.63) is 56.5 Å². The number of aryl methyl sites for hydroxylation is 1. The lowest BCUT2D eigenvalue weighted by Crippen LogP contribution is -2.06. The van der Waals surface area contributed by atoms with Gasteiger partial charge in [0.15, 0.2) is 0 Å². The number of methoxy groups -OCH3 is 1. The molecule has 2 aromatic rings. The Bertz CT molecular complexity index is 559. The zero-order valence-electron chi connectivity index (χ0n) is 11.5. The minimum atomic E-state index is 0.882. The van der Waals surface area contributed by atoms with Gasteiger partial charge in [-0.15, -0.1) is 0 Å². The molecule has 0 spiro atoms. The van der Waals surface area contributed by atoms with Crippen LogP contribution in [0.15, 0.2) is 45.3 Å². The van der Waals surface area contributed by atoms with Crippen molar-refractivity contribution in [1.29, 1.82) is 0 Å². The van der Waals surface area contributed by atoms with Crippen LogP contribution in [0.3, 0.4) is 0 Å². The number of benzene rings is 2. The van der Waals surface area contributed by atoms with Gasteiger partial charge in [0, 0.05) is 15.5 Å². The van der Waals surface area contributed by atoms with E-state index in [1.807, 2.05) is 12.1 Å². The van der Waals surface area contributed by atoms with E-state index in [2.05, 4.69) is 68.4 Å². The van der Waals surface area contributed by atoms with E-state index >= 15 is 0 Å². The van der Waals surface area contributed by atoms with Crippen LogP contribution >= 0.6 is 31.9 Å². The normalized spacial score (nSPS) is 10.4. The molecule has 0 radical (unpaired) electrons. The van der Waals surface area contributed by atoms with Gasteiger partial charge in [-0.05, 0) is 80.6 Å². The molecule has 2 nitrogen and oxygen atoms in total. The second kappa shape index (κ2) is 7.14. The van der Waals surface area contributed by atoms with Gasteiger partial charge >= 0.3 is 0 Å². The summed E-state index contributed by atoms with van der Waals surface area (Å²) in [5, 5.41) is 3.46. The molecule has 1 N–H and O–H groups in total. The third-order valence-electron chi connectivity index (χ3n) is 3.06. The Labute approximate surface area is 136 Å². The first-order valence-electron chi connectivity index (χ1n) is 6.42. The molecule has 0 atom stereocenters. The number of ether oxygens (including phenoxy) is 1. The number of hydrogen-bond acceptors (Lipinski definition) is 2. The summed E-state index contributed by atoms with van der Waals surface area (Å²) in [5.74, 6) is 0.894. The quantitative estimate of drug-likeness (QED) is 0.748. The van der Waals surface area contributed by atoms with E-state index in [1.165, 1.54) is 11.1 Å². The van der Waals surface area contributed by atoms with Crippen LogP contribution in [-0.4, -0.2) is 13.7 Å². The van der Waals surface area contributed by atoms with E-state index < -0.39 is 0 Å². The van der Waals surface area contributed by atoms with Crippen LogP contribution in [0, 0.1) is 6.92 Å². The van der Waals surface area contributed by atoms with Crippen LogP contribution in [0.2, 0.25) is 0 Å². The Hall–Kier alpha value is -1.00. The minimum absolute atomic E-state index is 0.882. The topological polar surface area (TPSA) is 21.3 Å². The summed E-state index contributed by atoms with van der Waals surface area (Å²) in [6.45, 7) is 2.96. The molecule has 0 amide bonds. The van der Waals surface area contributed by atoms with Gasteiger partial charge in [-0.1, -0.05) is 12.1 Å². The zero-order valence-corrected chi connectivity index (χ0v) is 14.7. The molecule has 0 aliphatic carbocycles. The van der Waals surface area contributed by atoms with E-state index in [9.17, 15) is 0 Å². The highest BCUT2D eigenvalue weighted by molar-refractivity contribution is 9.11. The summed E-state index contributed by atoms with van der Waals surface area (Å²) < 4.78 is 7.32. The summed E-state index contributed by atoms with van der Waals surface area (Å²) in [4.78, 5) is 0. The van der Waals surface area contributed by atoms with Gasteiger partial charge < -0.3 is 10.1 Å². The predicted octanol–water partition coefficient (Wildman–Crippen LogP) is 5.18. The van der Waals surface area contributed by atoms with Crippen LogP contribution in [-0.2, 0) is 6.42 Å². The highest BCUT2D eigenvalue weighted by atomic mass is 79.9. The van der Waals surface area contributed by atoms with Crippen LogP contribution in [0.25, 0.3) is 0 Å². The van der Waals surface area contributed by atoms with Gasteiger partial charge in [-0.25, -0.2) is 0 Å². The second-order valence-corrected chi connectivity index (χ2v) is 6.34. The Morgan fingerprint density at radius 3 is 2.20 bits per heavy atom. The molecule has 20 heavy (non-hydrogen) atoms. The number of rotatable bonds is 5. The Kier molecular flexibility index (Phi) is 5.49. The van der Waals surface area contributed by atoms with E-state index in [0.717, 1.165) is 33.3 Å². The van der Waals surface area contributed by atoms with Crippen molar-refractivity contribution >= 4 is 37.5 Å². The highest BCUT2D eigenvalue weighted by Gasteiger charge is 2.05. The number of nitrogens with one attached hydrogen (secondary N) is 1. The average Bonchev–Trinajstić information content (AvgIpc) is 2.42. The van der Waals surface area contributed by atoms with Crippen LogP contribution in [0.4, 0.5) is 5.69 Å². The van der Waals surface area contributed by atoms with Crippen molar-refractivity contribution in [2.24, 2.45) is 0 Å². The summed E-state index contributed by atoms with van der Waals surface area (Å²) in [7, 11) is 1.68. The van der Waals surface area contributed by atoms with Gasteiger partial charge in [0.25, 0.3) is 0 Å². The second-order valence-electron chi connectivity index (χ2n) is 4.63. The van der Waals surface area contributed by atoms with Crippen LogP contribution in [0.5, 0.6) is 5.75 Å². The molecule has 0 unspecified atom stereocenters. The molecule has 0 aliphatic heterocycles. The third-order valence-corrected chi connectivity index (χ3v) is 4.31. The zero-order chi connectivity index (χ0) is 14.5. The molecule has 2 aromatic carbocycles. The molecule has 0 aliphatic rings. The van der Waals surface area contributed by atoms with Crippen molar-refractivity contribution in [2.75, 3.05) is 19.0 Å². The minimum Gasteiger partial charge on any atom is -0.497 e. The van der Waals surface area contributed by atoms with Crippen molar-refractivity contribution in [3.63, 3.8) is 0 Å². The fraction of sp³-hybridized carbons (Fsp3) is 0.250. The fourth-order valence-corrected chi connectivity index (χ4v) is 3.69. The summed E-state index contributed by atoms with van der Waals surface area (Å²) in [5.41, 5.74) is 3.62. The molecule has 0 heterocycles. The summed E-state index contributed by atoms with van der Waals surface area (Å²) >= 11 is 7.19. The van der Waals surface area contributed by atoms with Crippen LogP contribution < -0.4 is 10.1 Å². The Morgan fingerprint density at radius 1 is 1.05 bits per heavy atom. The first-order chi connectivity index (χ1) is 9.60. The van der Waals surface area contributed by atoms with E-state index in [1.54, 1.807) is 7.11 Å². The molecule has 0 saturated carbocycles. The first-order valence-corrected chi connectivity index (χ1v) is 8.01. The van der Waals surface area contributed by atoms with Crippen molar-refractivity contribution in [1.82, 2.24) is 0 Å². The Morgan fingerprint density at radius 2 is 1.65 bits per heavy atom. The third kappa shape index (κ3) is 4.00. The van der Waals surface area contributed by atoms with Crippen molar-refractivity contribution in [2.45, 2.75) is 13.3 Å². The summed E-state index contributed by atoms with van der Waals surface area (Å²) in [6, 6.07) is 12.4. The maximum absolute atomic E-state index is 5.16. The molecule has 106 valence electrons. The largest absolute Gasteiger partial charge is 0.497 e. The maximum atomic E-state index is 5.16. The van der Waals surface area contributed by atoms with Crippen LogP contribution in [0.1, 0.15) is 11.1 Å². The van der Waals surface area contributed by atoms with Crippen molar-refractivity contribution in [3.8, 4) is 5.75 Å². The van der Waals surface area contributed by atoms with E-state index in [0.29, 0.717) is 0 Å².